The Hall–Kier alpha value is -2.21. The molecule has 0 radical (unpaired) electrons. The molecule has 2 aromatic rings. The molecule has 1 heterocycles. The van der Waals surface area contributed by atoms with Gasteiger partial charge in [-0.05, 0) is 18.6 Å². The average molecular weight is 273 g/mol. The number of carbonyl (C=O) groups is 1. The molecule has 1 aromatic heterocycles. The van der Waals surface area contributed by atoms with Crippen LogP contribution in [-0.2, 0) is 11.3 Å². The van der Waals surface area contributed by atoms with Gasteiger partial charge in [0.15, 0.2) is 0 Å². The molecule has 106 valence electrons. The number of hydrogen-bond acceptors (Lipinski definition) is 4. The van der Waals surface area contributed by atoms with Crippen molar-refractivity contribution in [3.05, 3.63) is 42.2 Å². The van der Waals surface area contributed by atoms with Gasteiger partial charge in [0.05, 0.1) is 17.9 Å². The first-order valence-electron chi connectivity index (χ1n) is 6.59. The maximum absolute atomic E-state index is 12.2. The molecule has 0 aliphatic rings. The maximum Gasteiger partial charge on any atom is 0.248 e. The first-order chi connectivity index (χ1) is 9.61. The molecule has 0 saturated carbocycles. The van der Waals surface area contributed by atoms with Crippen LogP contribution in [0.1, 0.15) is 25.1 Å². The van der Waals surface area contributed by atoms with Gasteiger partial charge in [0.25, 0.3) is 0 Å². The Kier molecular flexibility index (Phi) is 4.47. The van der Waals surface area contributed by atoms with E-state index in [0.717, 1.165) is 12.1 Å². The van der Waals surface area contributed by atoms with Gasteiger partial charge in [-0.1, -0.05) is 30.3 Å². The monoisotopic (exact) mass is 273 g/mol. The molecule has 1 aromatic carbocycles. The number of anilines is 1. The van der Waals surface area contributed by atoms with Crippen molar-refractivity contribution in [2.24, 2.45) is 5.73 Å². The quantitative estimate of drug-likeness (QED) is 0.892. The van der Waals surface area contributed by atoms with Crippen LogP contribution in [0.5, 0.6) is 0 Å². The molecule has 6 nitrogen and oxygen atoms in total. The van der Waals surface area contributed by atoms with Crippen molar-refractivity contribution in [2.45, 2.75) is 25.9 Å². The molecule has 0 bridgehead atoms. The van der Waals surface area contributed by atoms with E-state index in [9.17, 15) is 4.79 Å². The van der Waals surface area contributed by atoms with E-state index in [2.05, 4.69) is 10.3 Å². The highest BCUT2D eigenvalue weighted by Gasteiger charge is 2.14. The third kappa shape index (κ3) is 3.21. The molecule has 0 aliphatic heterocycles. The zero-order valence-electron chi connectivity index (χ0n) is 11.7. The van der Waals surface area contributed by atoms with E-state index in [4.69, 9.17) is 5.73 Å². The highest BCUT2D eigenvalue weighted by molar-refractivity contribution is 5.92. The van der Waals surface area contributed by atoms with Crippen LogP contribution in [0.15, 0.2) is 36.5 Å². The van der Waals surface area contributed by atoms with Crippen LogP contribution in [0.4, 0.5) is 5.69 Å². The summed E-state index contributed by atoms with van der Waals surface area (Å²) < 4.78 is 1.52. The summed E-state index contributed by atoms with van der Waals surface area (Å²) in [5, 5.41) is 7.93. The van der Waals surface area contributed by atoms with Crippen molar-refractivity contribution in [3.8, 4) is 0 Å². The lowest BCUT2D eigenvalue weighted by Gasteiger charge is -2.16. The number of aromatic nitrogens is 3. The summed E-state index contributed by atoms with van der Waals surface area (Å²) >= 11 is 0. The van der Waals surface area contributed by atoms with Gasteiger partial charge in [0.2, 0.25) is 5.91 Å². The Morgan fingerprint density at radius 3 is 2.75 bits per heavy atom. The number of rotatable bonds is 5. The number of hydrogen-bond donors (Lipinski definition) is 1. The van der Waals surface area contributed by atoms with Crippen molar-refractivity contribution in [2.75, 3.05) is 11.9 Å². The summed E-state index contributed by atoms with van der Waals surface area (Å²) in [6.07, 6.45) is 2.52. The SMILES string of the molecule is CCC(N)c1cn(CC(=O)N(C)c2ccccc2)nn1. The van der Waals surface area contributed by atoms with Crippen molar-refractivity contribution in [3.63, 3.8) is 0 Å². The van der Waals surface area contributed by atoms with Gasteiger partial charge >= 0.3 is 0 Å². The fraction of sp³-hybridized carbons (Fsp3) is 0.357. The number of nitrogens with two attached hydrogens (primary N) is 1. The lowest BCUT2D eigenvalue weighted by atomic mass is 10.2. The Balaban J connectivity index is 2.03. The highest BCUT2D eigenvalue weighted by atomic mass is 16.2. The molecule has 2 N–H and O–H groups in total. The second-order valence-corrected chi connectivity index (χ2v) is 4.64. The van der Waals surface area contributed by atoms with Crippen LogP contribution in [0.3, 0.4) is 0 Å². The standard InChI is InChI=1S/C14H19N5O/c1-3-12(15)13-9-19(17-16-13)10-14(20)18(2)11-7-5-4-6-8-11/h4-9,12H,3,10,15H2,1-2H3. The maximum atomic E-state index is 12.2. The Bertz CT molecular complexity index is 566. The average Bonchev–Trinajstić information content (AvgIpc) is 2.95. The zero-order chi connectivity index (χ0) is 14.5. The number of para-hydroxylation sites is 1. The number of nitrogens with zero attached hydrogens (tertiary/aromatic N) is 4. The summed E-state index contributed by atoms with van der Waals surface area (Å²) in [7, 11) is 1.74. The van der Waals surface area contributed by atoms with Gasteiger partial charge in [-0.15, -0.1) is 5.10 Å². The molecule has 1 amide bonds. The van der Waals surface area contributed by atoms with Gasteiger partial charge in [-0.2, -0.15) is 0 Å². The summed E-state index contributed by atoms with van der Waals surface area (Å²) in [5.41, 5.74) is 7.44. The summed E-state index contributed by atoms with van der Waals surface area (Å²) in [4.78, 5) is 13.8. The van der Waals surface area contributed by atoms with Crippen LogP contribution in [0.25, 0.3) is 0 Å². The molecule has 0 aliphatic carbocycles. The minimum Gasteiger partial charge on any atom is -0.323 e. The molecule has 0 saturated heterocycles. The number of benzene rings is 1. The van der Waals surface area contributed by atoms with E-state index in [-0.39, 0.29) is 18.5 Å². The molecular formula is C14H19N5O. The topological polar surface area (TPSA) is 77.0 Å². The van der Waals surface area contributed by atoms with E-state index < -0.39 is 0 Å². The molecular weight excluding hydrogens is 254 g/mol. The van der Waals surface area contributed by atoms with Crippen LogP contribution >= 0.6 is 0 Å². The highest BCUT2D eigenvalue weighted by Crippen LogP contribution is 2.12. The number of amides is 1. The predicted octanol–water partition coefficient (Wildman–Crippen LogP) is 1.35. The number of likely N-dealkylation sites (N-methyl/N-ethyl adjacent to an activating group) is 1. The fourth-order valence-corrected chi connectivity index (χ4v) is 1.81. The first-order valence-corrected chi connectivity index (χ1v) is 6.59. The third-order valence-electron chi connectivity index (χ3n) is 3.19. The molecule has 0 spiro atoms. The Labute approximate surface area is 118 Å². The minimum absolute atomic E-state index is 0.0577. The van der Waals surface area contributed by atoms with Gasteiger partial charge in [-0.25, -0.2) is 4.68 Å². The molecule has 20 heavy (non-hydrogen) atoms. The largest absolute Gasteiger partial charge is 0.323 e. The van der Waals surface area contributed by atoms with Gasteiger partial charge < -0.3 is 10.6 Å². The van der Waals surface area contributed by atoms with Gasteiger partial charge in [0, 0.05) is 12.7 Å². The Morgan fingerprint density at radius 1 is 1.40 bits per heavy atom. The number of carbonyl (C=O) groups excluding carboxylic acids is 1. The normalized spacial score (nSPS) is 12.2. The smallest absolute Gasteiger partial charge is 0.248 e. The summed E-state index contributed by atoms with van der Waals surface area (Å²) in [6.45, 7) is 2.13. The van der Waals surface area contributed by atoms with Crippen LogP contribution in [-0.4, -0.2) is 27.9 Å². The van der Waals surface area contributed by atoms with E-state index in [1.807, 2.05) is 37.3 Å². The fourth-order valence-electron chi connectivity index (χ4n) is 1.81. The van der Waals surface area contributed by atoms with Crippen molar-refractivity contribution >= 4 is 11.6 Å². The molecule has 1 atom stereocenters. The van der Waals surface area contributed by atoms with Gasteiger partial charge in [0.1, 0.15) is 6.54 Å². The summed E-state index contributed by atoms with van der Waals surface area (Å²) in [6, 6.07) is 9.35. The van der Waals surface area contributed by atoms with E-state index >= 15 is 0 Å². The van der Waals surface area contributed by atoms with Crippen LogP contribution in [0, 0.1) is 0 Å². The zero-order valence-corrected chi connectivity index (χ0v) is 11.7. The van der Waals surface area contributed by atoms with Crippen molar-refractivity contribution in [1.29, 1.82) is 0 Å². The molecule has 0 fully saturated rings. The van der Waals surface area contributed by atoms with E-state index in [1.54, 1.807) is 18.1 Å². The van der Waals surface area contributed by atoms with Crippen LogP contribution < -0.4 is 10.6 Å². The lowest BCUT2D eigenvalue weighted by molar-refractivity contribution is -0.119. The molecule has 6 heteroatoms. The molecule has 2 rings (SSSR count). The lowest BCUT2D eigenvalue weighted by Crippen LogP contribution is -2.30. The van der Waals surface area contributed by atoms with Crippen molar-refractivity contribution < 1.29 is 4.79 Å². The minimum atomic E-state index is -0.134. The predicted molar refractivity (Wildman–Crippen MR) is 77.1 cm³/mol. The first kappa shape index (κ1) is 14.2. The summed E-state index contributed by atoms with van der Waals surface area (Å²) in [5.74, 6) is -0.0577. The Morgan fingerprint density at radius 2 is 2.10 bits per heavy atom. The molecule has 1 unspecified atom stereocenters. The second kappa shape index (κ2) is 6.29. The third-order valence-corrected chi connectivity index (χ3v) is 3.19. The second-order valence-electron chi connectivity index (χ2n) is 4.64. The van der Waals surface area contributed by atoms with Crippen molar-refractivity contribution in [1.82, 2.24) is 15.0 Å². The van der Waals surface area contributed by atoms with Gasteiger partial charge in [-0.3, -0.25) is 4.79 Å². The van der Waals surface area contributed by atoms with Crippen LogP contribution in [0.2, 0.25) is 0 Å². The van der Waals surface area contributed by atoms with E-state index in [0.29, 0.717) is 5.69 Å². The van der Waals surface area contributed by atoms with E-state index in [1.165, 1.54) is 4.68 Å².